The zero-order valence-corrected chi connectivity index (χ0v) is 16.1. The number of carbonyl (C=O) groups is 2. The number of amides is 3. The van der Waals surface area contributed by atoms with Gasteiger partial charge in [-0.3, -0.25) is 9.69 Å². The van der Waals surface area contributed by atoms with Crippen LogP contribution >= 0.6 is 11.6 Å². The van der Waals surface area contributed by atoms with Crippen molar-refractivity contribution >= 4 is 23.5 Å². The van der Waals surface area contributed by atoms with Crippen LogP contribution in [0.2, 0.25) is 5.02 Å². The first-order valence-electron chi connectivity index (χ1n) is 9.08. The van der Waals surface area contributed by atoms with Crippen LogP contribution in [0.15, 0.2) is 60.8 Å². The summed E-state index contributed by atoms with van der Waals surface area (Å²) >= 11 is 6.02. The molecule has 1 N–H and O–H groups in total. The van der Waals surface area contributed by atoms with Crippen LogP contribution in [0.3, 0.4) is 0 Å². The minimum Gasteiger partial charge on any atom is -0.326 e. The molecule has 0 aliphatic carbocycles. The van der Waals surface area contributed by atoms with Crippen molar-refractivity contribution in [2.24, 2.45) is 0 Å². The number of aromatic nitrogens is 2. The van der Waals surface area contributed by atoms with E-state index in [9.17, 15) is 9.59 Å². The molecule has 0 bridgehead atoms. The first-order valence-corrected chi connectivity index (χ1v) is 9.46. The smallest absolute Gasteiger partial charge is 0.325 e. The van der Waals surface area contributed by atoms with Crippen molar-refractivity contribution in [1.82, 2.24) is 20.0 Å². The molecule has 28 heavy (non-hydrogen) atoms. The third-order valence-corrected chi connectivity index (χ3v) is 5.02. The average Bonchev–Trinajstić information content (AvgIpc) is 3.25. The van der Waals surface area contributed by atoms with E-state index in [-0.39, 0.29) is 18.5 Å². The van der Waals surface area contributed by atoms with E-state index >= 15 is 0 Å². The van der Waals surface area contributed by atoms with Crippen molar-refractivity contribution in [3.05, 3.63) is 71.4 Å². The van der Waals surface area contributed by atoms with Crippen molar-refractivity contribution in [2.75, 3.05) is 0 Å². The number of rotatable bonds is 5. The number of nitrogens with zero attached hydrogens (tertiary/aromatic N) is 3. The number of hydrogen-bond acceptors (Lipinski definition) is 3. The number of nitrogens with one attached hydrogen (secondary N) is 1. The second-order valence-corrected chi connectivity index (χ2v) is 7.06. The summed E-state index contributed by atoms with van der Waals surface area (Å²) in [5, 5.41) is 8.07. The SMILES string of the molecule is CCC1NC(=O)N(Cc2cn(-c3ccccc3)nc2-c2ccc(Cl)cc2)C1=O. The molecule has 1 unspecified atom stereocenters. The van der Waals surface area contributed by atoms with Crippen LogP contribution in [0.5, 0.6) is 0 Å². The molecular formula is C21H19ClN4O2. The van der Waals surface area contributed by atoms with Crippen molar-refractivity contribution in [3.63, 3.8) is 0 Å². The van der Waals surface area contributed by atoms with Crippen LogP contribution in [0, 0.1) is 0 Å². The Morgan fingerprint density at radius 2 is 1.79 bits per heavy atom. The molecule has 1 fully saturated rings. The largest absolute Gasteiger partial charge is 0.326 e. The summed E-state index contributed by atoms with van der Waals surface area (Å²) in [4.78, 5) is 26.0. The molecule has 1 aromatic heterocycles. The van der Waals surface area contributed by atoms with Crippen LogP contribution < -0.4 is 5.32 Å². The maximum absolute atomic E-state index is 12.5. The van der Waals surface area contributed by atoms with E-state index in [1.54, 1.807) is 16.8 Å². The van der Waals surface area contributed by atoms with Gasteiger partial charge < -0.3 is 5.32 Å². The van der Waals surface area contributed by atoms with E-state index in [4.69, 9.17) is 16.7 Å². The Bertz CT molecular complexity index is 1010. The lowest BCUT2D eigenvalue weighted by atomic mass is 10.1. The average molecular weight is 395 g/mol. The van der Waals surface area contributed by atoms with Crippen molar-refractivity contribution < 1.29 is 9.59 Å². The van der Waals surface area contributed by atoms with E-state index in [1.807, 2.05) is 55.6 Å². The molecule has 0 radical (unpaired) electrons. The zero-order valence-electron chi connectivity index (χ0n) is 15.3. The van der Waals surface area contributed by atoms with E-state index in [0.29, 0.717) is 17.1 Å². The molecule has 7 heteroatoms. The molecule has 3 aromatic rings. The van der Waals surface area contributed by atoms with Crippen LogP contribution in [0.1, 0.15) is 18.9 Å². The number of hydrogen-bond donors (Lipinski definition) is 1. The highest BCUT2D eigenvalue weighted by Crippen LogP contribution is 2.27. The summed E-state index contributed by atoms with van der Waals surface area (Å²) < 4.78 is 1.76. The molecular weight excluding hydrogens is 376 g/mol. The normalized spacial score (nSPS) is 16.5. The van der Waals surface area contributed by atoms with Crippen molar-refractivity contribution in [3.8, 4) is 16.9 Å². The van der Waals surface area contributed by atoms with Gasteiger partial charge in [-0.15, -0.1) is 0 Å². The molecule has 2 heterocycles. The maximum Gasteiger partial charge on any atom is 0.325 e. The number of para-hydroxylation sites is 1. The van der Waals surface area contributed by atoms with Gasteiger partial charge in [0.2, 0.25) is 0 Å². The van der Waals surface area contributed by atoms with Gasteiger partial charge in [0.25, 0.3) is 5.91 Å². The predicted octanol–water partition coefficient (Wildman–Crippen LogP) is 4.02. The lowest BCUT2D eigenvalue weighted by Gasteiger charge is -2.12. The molecule has 1 aliphatic heterocycles. The molecule has 0 saturated carbocycles. The lowest BCUT2D eigenvalue weighted by Crippen LogP contribution is -2.30. The summed E-state index contributed by atoms with van der Waals surface area (Å²) in [5.41, 5.74) is 3.26. The van der Waals surface area contributed by atoms with Crippen LogP contribution in [0.4, 0.5) is 4.79 Å². The van der Waals surface area contributed by atoms with Gasteiger partial charge in [-0.1, -0.05) is 48.9 Å². The molecule has 142 valence electrons. The van der Waals surface area contributed by atoms with Gasteiger partial charge in [0, 0.05) is 22.3 Å². The summed E-state index contributed by atoms with van der Waals surface area (Å²) in [5.74, 6) is -0.206. The summed E-state index contributed by atoms with van der Waals surface area (Å²) in [6, 6.07) is 16.2. The Morgan fingerprint density at radius 1 is 1.07 bits per heavy atom. The van der Waals surface area contributed by atoms with Crippen molar-refractivity contribution in [2.45, 2.75) is 25.9 Å². The van der Waals surface area contributed by atoms with Gasteiger partial charge in [0.05, 0.1) is 17.9 Å². The fourth-order valence-electron chi connectivity index (χ4n) is 3.26. The standard InChI is InChI=1S/C21H19ClN4O2/c1-2-18-20(27)25(21(28)23-18)12-15-13-26(17-6-4-3-5-7-17)24-19(15)14-8-10-16(22)11-9-14/h3-11,13,18H,2,12H2,1H3,(H,23,28). The minimum atomic E-state index is -0.462. The molecule has 1 atom stereocenters. The van der Waals surface area contributed by atoms with Crippen molar-refractivity contribution in [1.29, 1.82) is 0 Å². The highest BCUT2D eigenvalue weighted by molar-refractivity contribution is 6.30. The van der Waals surface area contributed by atoms with E-state index in [1.165, 1.54) is 4.90 Å². The molecule has 2 aromatic carbocycles. The fraction of sp³-hybridized carbons (Fsp3) is 0.190. The quantitative estimate of drug-likeness (QED) is 0.664. The van der Waals surface area contributed by atoms with E-state index in [2.05, 4.69) is 5.32 Å². The maximum atomic E-state index is 12.5. The van der Waals surface area contributed by atoms with Crippen LogP contribution in [-0.4, -0.2) is 32.7 Å². The first-order chi connectivity index (χ1) is 13.6. The van der Waals surface area contributed by atoms with Gasteiger partial charge in [-0.25, -0.2) is 9.48 Å². The minimum absolute atomic E-state index is 0.159. The lowest BCUT2D eigenvalue weighted by molar-refractivity contribution is -0.127. The number of carbonyl (C=O) groups excluding carboxylic acids is 2. The van der Waals surface area contributed by atoms with E-state index < -0.39 is 6.04 Å². The van der Waals surface area contributed by atoms with Gasteiger partial charge in [-0.05, 0) is 30.7 Å². The van der Waals surface area contributed by atoms with Crippen LogP contribution in [-0.2, 0) is 11.3 Å². The predicted molar refractivity (Wildman–Crippen MR) is 107 cm³/mol. The molecule has 4 rings (SSSR count). The third kappa shape index (κ3) is 3.39. The molecule has 1 aliphatic rings. The highest BCUT2D eigenvalue weighted by atomic mass is 35.5. The van der Waals surface area contributed by atoms with Gasteiger partial charge in [0.15, 0.2) is 0 Å². The van der Waals surface area contributed by atoms with Crippen LogP contribution in [0.25, 0.3) is 16.9 Å². The highest BCUT2D eigenvalue weighted by Gasteiger charge is 2.37. The second kappa shape index (κ2) is 7.48. The molecule has 0 spiro atoms. The fourth-order valence-corrected chi connectivity index (χ4v) is 3.39. The van der Waals surface area contributed by atoms with E-state index in [0.717, 1.165) is 16.8 Å². The first kappa shape index (κ1) is 18.3. The Morgan fingerprint density at radius 3 is 2.43 bits per heavy atom. The Balaban J connectivity index is 1.74. The topological polar surface area (TPSA) is 67.2 Å². The molecule has 3 amide bonds. The number of halogens is 1. The Kier molecular flexibility index (Phi) is 4.88. The van der Waals surface area contributed by atoms with Gasteiger partial charge in [-0.2, -0.15) is 5.10 Å². The Hall–Kier alpha value is -3.12. The summed E-state index contributed by atoms with van der Waals surface area (Å²) in [7, 11) is 0. The third-order valence-electron chi connectivity index (χ3n) is 4.77. The molecule has 1 saturated heterocycles. The number of benzene rings is 2. The summed E-state index contributed by atoms with van der Waals surface area (Å²) in [6.07, 6.45) is 2.42. The summed E-state index contributed by atoms with van der Waals surface area (Å²) in [6.45, 7) is 2.03. The number of urea groups is 1. The second-order valence-electron chi connectivity index (χ2n) is 6.62. The molecule has 6 nitrogen and oxygen atoms in total. The number of imide groups is 1. The monoisotopic (exact) mass is 394 g/mol. The van der Waals surface area contributed by atoms with Gasteiger partial charge in [0.1, 0.15) is 6.04 Å². The Labute approximate surface area is 167 Å². The zero-order chi connectivity index (χ0) is 19.7. The van der Waals surface area contributed by atoms with Gasteiger partial charge >= 0.3 is 6.03 Å².